The number of ether oxygens (including phenoxy) is 1. The van der Waals surface area contributed by atoms with E-state index >= 15 is 0 Å². The summed E-state index contributed by atoms with van der Waals surface area (Å²) in [5.41, 5.74) is 2.57. The Bertz CT molecular complexity index is 398. The van der Waals surface area contributed by atoms with E-state index in [0.29, 0.717) is 12.0 Å². The van der Waals surface area contributed by atoms with E-state index in [1.807, 2.05) is 0 Å². The lowest BCUT2D eigenvalue weighted by Crippen LogP contribution is -2.29. The smallest absolute Gasteiger partial charge is 0.0879 e. The Labute approximate surface area is 124 Å². The highest BCUT2D eigenvalue weighted by Crippen LogP contribution is 2.32. The molecule has 112 valence electrons. The van der Waals surface area contributed by atoms with Gasteiger partial charge >= 0.3 is 0 Å². The standard InChI is InChI=1S/C19H30O/c1-5-15(2)16-11-13-17(14-12-16)19(3,4)20-18-9-7-6-8-10-18/h11-15,18H,5-10H2,1-4H3. The first-order valence-electron chi connectivity index (χ1n) is 8.31. The molecule has 0 N–H and O–H groups in total. The molecular weight excluding hydrogens is 244 g/mol. The summed E-state index contributed by atoms with van der Waals surface area (Å²) < 4.78 is 6.39. The van der Waals surface area contributed by atoms with Gasteiger partial charge in [0.2, 0.25) is 0 Å². The van der Waals surface area contributed by atoms with Gasteiger partial charge in [-0.2, -0.15) is 0 Å². The third-order valence-electron chi connectivity index (χ3n) is 4.80. The highest BCUT2D eigenvalue weighted by molar-refractivity contribution is 5.28. The molecule has 0 aromatic heterocycles. The molecule has 1 unspecified atom stereocenters. The summed E-state index contributed by atoms with van der Waals surface area (Å²) in [6, 6.07) is 9.06. The SMILES string of the molecule is CCC(C)c1ccc(C(C)(C)OC2CCCCC2)cc1. The van der Waals surface area contributed by atoms with E-state index in [2.05, 4.69) is 52.0 Å². The number of rotatable bonds is 5. The van der Waals surface area contributed by atoms with Crippen LogP contribution < -0.4 is 0 Å². The van der Waals surface area contributed by atoms with Crippen molar-refractivity contribution in [2.75, 3.05) is 0 Å². The van der Waals surface area contributed by atoms with Crippen LogP contribution in [0.4, 0.5) is 0 Å². The largest absolute Gasteiger partial charge is 0.368 e. The normalized spacial score (nSPS) is 19.0. The molecule has 0 spiro atoms. The summed E-state index contributed by atoms with van der Waals surface area (Å²) in [7, 11) is 0. The third kappa shape index (κ3) is 3.85. The lowest BCUT2D eigenvalue weighted by molar-refractivity contribution is -0.0889. The quantitative estimate of drug-likeness (QED) is 0.661. The summed E-state index contributed by atoms with van der Waals surface area (Å²) in [6.45, 7) is 8.95. The van der Waals surface area contributed by atoms with E-state index in [-0.39, 0.29) is 5.60 Å². The van der Waals surface area contributed by atoms with Crippen LogP contribution in [0.2, 0.25) is 0 Å². The predicted molar refractivity (Wildman–Crippen MR) is 86.1 cm³/mol. The Balaban J connectivity index is 2.04. The fourth-order valence-electron chi connectivity index (χ4n) is 3.12. The van der Waals surface area contributed by atoms with Gasteiger partial charge in [0, 0.05) is 0 Å². The molecule has 1 aromatic rings. The van der Waals surface area contributed by atoms with Crippen molar-refractivity contribution in [3.8, 4) is 0 Å². The predicted octanol–water partition coefficient (Wildman–Crippen LogP) is 5.78. The van der Waals surface area contributed by atoms with E-state index in [9.17, 15) is 0 Å². The van der Waals surface area contributed by atoms with Gasteiger partial charge in [-0.15, -0.1) is 0 Å². The lowest BCUT2D eigenvalue weighted by atomic mass is 9.91. The van der Waals surface area contributed by atoms with Crippen LogP contribution in [-0.4, -0.2) is 6.10 Å². The first-order chi connectivity index (χ1) is 9.53. The summed E-state index contributed by atoms with van der Waals surface area (Å²) in [6.07, 6.45) is 8.14. The molecule has 0 amide bonds. The number of hydrogen-bond donors (Lipinski definition) is 0. The summed E-state index contributed by atoms with van der Waals surface area (Å²) in [4.78, 5) is 0. The highest BCUT2D eigenvalue weighted by Gasteiger charge is 2.26. The third-order valence-corrected chi connectivity index (χ3v) is 4.80. The van der Waals surface area contributed by atoms with Crippen LogP contribution >= 0.6 is 0 Å². The Hall–Kier alpha value is -0.820. The minimum absolute atomic E-state index is 0.171. The zero-order valence-corrected chi connectivity index (χ0v) is 13.6. The molecule has 2 rings (SSSR count). The molecule has 1 saturated carbocycles. The van der Waals surface area contributed by atoms with Gasteiger partial charge in [-0.1, -0.05) is 57.4 Å². The van der Waals surface area contributed by atoms with Gasteiger partial charge in [-0.25, -0.2) is 0 Å². The molecular formula is C19H30O. The van der Waals surface area contributed by atoms with Crippen molar-refractivity contribution < 1.29 is 4.74 Å². The first kappa shape index (κ1) is 15.6. The molecule has 1 aromatic carbocycles. The van der Waals surface area contributed by atoms with E-state index < -0.39 is 0 Å². The second kappa shape index (κ2) is 6.76. The molecule has 1 nitrogen and oxygen atoms in total. The fourth-order valence-corrected chi connectivity index (χ4v) is 3.12. The molecule has 0 aliphatic heterocycles. The number of benzene rings is 1. The molecule has 1 atom stereocenters. The van der Waals surface area contributed by atoms with Gasteiger partial charge in [0.25, 0.3) is 0 Å². The van der Waals surface area contributed by atoms with Crippen LogP contribution in [0.1, 0.15) is 83.3 Å². The summed E-state index contributed by atoms with van der Waals surface area (Å²) in [5.74, 6) is 0.645. The second-order valence-corrected chi connectivity index (χ2v) is 6.82. The summed E-state index contributed by atoms with van der Waals surface area (Å²) in [5, 5.41) is 0. The van der Waals surface area contributed by atoms with Crippen LogP contribution in [0.25, 0.3) is 0 Å². The van der Waals surface area contributed by atoms with Crippen molar-refractivity contribution in [1.82, 2.24) is 0 Å². The Kier molecular flexibility index (Phi) is 5.26. The molecule has 0 heterocycles. The zero-order chi connectivity index (χ0) is 14.6. The zero-order valence-electron chi connectivity index (χ0n) is 13.6. The molecule has 1 aliphatic rings. The van der Waals surface area contributed by atoms with Gasteiger partial charge in [0.05, 0.1) is 11.7 Å². The maximum atomic E-state index is 6.39. The molecule has 0 bridgehead atoms. The van der Waals surface area contributed by atoms with Gasteiger partial charge in [-0.05, 0) is 50.2 Å². The van der Waals surface area contributed by atoms with Crippen molar-refractivity contribution >= 4 is 0 Å². The van der Waals surface area contributed by atoms with Crippen LogP contribution in [0.5, 0.6) is 0 Å². The average Bonchev–Trinajstić information content (AvgIpc) is 2.47. The van der Waals surface area contributed by atoms with Crippen molar-refractivity contribution in [3.63, 3.8) is 0 Å². The van der Waals surface area contributed by atoms with Crippen molar-refractivity contribution in [3.05, 3.63) is 35.4 Å². The van der Waals surface area contributed by atoms with Gasteiger partial charge in [0.1, 0.15) is 0 Å². The second-order valence-electron chi connectivity index (χ2n) is 6.82. The van der Waals surface area contributed by atoms with Gasteiger partial charge < -0.3 is 4.74 Å². The first-order valence-corrected chi connectivity index (χ1v) is 8.31. The minimum Gasteiger partial charge on any atom is -0.368 e. The van der Waals surface area contributed by atoms with Crippen LogP contribution in [0, 0.1) is 0 Å². The fraction of sp³-hybridized carbons (Fsp3) is 0.684. The van der Waals surface area contributed by atoms with E-state index in [1.165, 1.54) is 49.7 Å². The molecule has 0 saturated heterocycles. The molecule has 0 radical (unpaired) electrons. The van der Waals surface area contributed by atoms with Crippen molar-refractivity contribution in [1.29, 1.82) is 0 Å². The van der Waals surface area contributed by atoms with Crippen LogP contribution in [-0.2, 0) is 10.3 Å². The van der Waals surface area contributed by atoms with E-state index in [1.54, 1.807) is 0 Å². The monoisotopic (exact) mass is 274 g/mol. The highest BCUT2D eigenvalue weighted by atomic mass is 16.5. The summed E-state index contributed by atoms with van der Waals surface area (Å²) >= 11 is 0. The maximum Gasteiger partial charge on any atom is 0.0879 e. The van der Waals surface area contributed by atoms with Crippen molar-refractivity contribution in [2.45, 2.75) is 83.8 Å². The Morgan fingerprint density at radius 1 is 1.10 bits per heavy atom. The molecule has 1 heteroatoms. The van der Waals surface area contributed by atoms with Crippen LogP contribution in [0.3, 0.4) is 0 Å². The van der Waals surface area contributed by atoms with Gasteiger partial charge in [0.15, 0.2) is 0 Å². The van der Waals surface area contributed by atoms with E-state index in [4.69, 9.17) is 4.74 Å². The van der Waals surface area contributed by atoms with Crippen LogP contribution in [0.15, 0.2) is 24.3 Å². The molecule has 1 fully saturated rings. The molecule has 1 aliphatic carbocycles. The topological polar surface area (TPSA) is 9.23 Å². The van der Waals surface area contributed by atoms with Crippen molar-refractivity contribution in [2.24, 2.45) is 0 Å². The number of hydrogen-bond acceptors (Lipinski definition) is 1. The lowest BCUT2D eigenvalue weighted by Gasteiger charge is -2.33. The minimum atomic E-state index is -0.171. The molecule has 20 heavy (non-hydrogen) atoms. The van der Waals surface area contributed by atoms with E-state index in [0.717, 1.165) is 0 Å². The maximum absolute atomic E-state index is 6.39. The average molecular weight is 274 g/mol. The Morgan fingerprint density at radius 3 is 2.25 bits per heavy atom. The van der Waals surface area contributed by atoms with Gasteiger partial charge in [-0.3, -0.25) is 0 Å². The Morgan fingerprint density at radius 2 is 1.70 bits per heavy atom.